The molecule has 2 fully saturated rings. The molecule has 0 spiro atoms. The highest BCUT2D eigenvalue weighted by atomic mass is 16.1. The molecule has 1 aromatic carbocycles. The quantitative estimate of drug-likeness (QED) is 0.656. The van der Waals surface area contributed by atoms with Crippen LogP contribution < -0.4 is 0 Å². The number of rotatable bonds is 1. The van der Waals surface area contributed by atoms with Gasteiger partial charge in [-0.2, -0.15) is 0 Å². The highest BCUT2D eigenvalue weighted by Gasteiger charge is 2.58. The third kappa shape index (κ3) is 2.74. The van der Waals surface area contributed by atoms with Crippen molar-refractivity contribution in [3.8, 4) is 0 Å². The van der Waals surface area contributed by atoms with E-state index in [4.69, 9.17) is 6.57 Å². The molecular formula is C21H25NO. The lowest BCUT2D eigenvalue weighted by Gasteiger charge is -2.52. The van der Waals surface area contributed by atoms with Crippen LogP contribution in [0.4, 0.5) is 0 Å². The Labute approximate surface area is 139 Å². The van der Waals surface area contributed by atoms with Crippen molar-refractivity contribution in [3.63, 3.8) is 0 Å². The third-order valence-electron chi connectivity index (χ3n) is 6.02. The zero-order valence-electron chi connectivity index (χ0n) is 14.3. The second kappa shape index (κ2) is 5.64. The summed E-state index contributed by atoms with van der Waals surface area (Å²) >= 11 is 0. The Morgan fingerprint density at radius 2 is 1.91 bits per heavy atom. The number of fused-ring (bicyclic) bond motifs is 1. The van der Waals surface area contributed by atoms with Crippen LogP contribution in [0, 0.1) is 23.3 Å². The fourth-order valence-corrected chi connectivity index (χ4v) is 5.00. The number of hydrogen-bond donors (Lipinski definition) is 0. The van der Waals surface area contributed by atoms with Crippen molar-refractivity contribution < 1.29 is 4.79 Å². The first kappa shape index (κ1) is 16.0. The molecule has 120 valence electrons. The molecule has 2 aliphatic carbocycles. The van der Waals surface area contributed by atoms with Crippen LogP contribution in [-0.4, -0.2) is 11.8 Å². The van der Waals surface area contributed by atoms with Gasteiger partial charge < -0.3 is 4.85 Å². The lowest BCUT2D eigenvalue weighted by molar-refractivity contribution is -0.142. The average Bonchev–Trinajstić information content (AvgIpc) is 2.52. The van der Waals surface area contributed by atoms with Crippen LogP contribution in [0.2, 0.25) is 0 Å². The number of nitrogens with zero attached hydrogens (tertiary/aromatic N) is 1. The highest BCUT2D eigenvalue weighted by molar-refractivity contribution is 5.92. The fraction of sp³-hybridized carbons (Fsp3) is 0.524. The largest absolute Gasteiger partial charge is 0.305 e. The van der Waals surface area contributed by atoms with Crippen molar-refractivity contribution in [3.05, 3.63) is 52.9 Å². The maximum absolute atomic E-state index is 12.6. The third-order valence-corrected chi connectivity index (χ3v) is 6.02. The Morgan fingerprint density at radius 1 is 1.22 bits per heavy atom. The molecule has 3 rings (SSSR count). The molecule has 0 amide bonds. The van der Waals surface area contributed by atoms with Gasteiger partial charge in [-0.25, -0.2) is 6.57 Å². The van der Waals surface area contributed by atoms with Crippen molar-refractivity contribution >= 4 is 11.9 Å². The molecule has 1 aromatic rings. The van der Waals surface area contributed by atoms with Gasteiger partial charge >= 0.3 is 0 Å². The summed E-state index contributed by atoms with van der Waals surface area (Å²) in [6.45, 7) is 13.8. The Bertz CT molecular complexity index is 680. The molecule has 0 heterocycles. The van der Waals surface area contributed by atoms with Crippen molar-refractivity contribution in [1.82, 2.24) is 0 Å². The maximum atomic E-state index is 12.6. The molecule has 2 saturated carbocycles. The van der Waals surface area contributed by atoms with E-state index in [2.05, 4.69) is 56.0 Å². The van der Waals surface area contributed by atoms with Gasteiger partial charge in [0.1, 0.15) is 0 Å². The van der Waals surface area contributed by atoms with Crippen LogP contribution in [-0.2, 0) is 4.79 Å². The molecule has 1 unspecified atom stereocenters. The number of Topliss-reactive ketones (excluding diaryl/α,β-unsaturated/α-hetero) is 1. The lowest BCUT2D eigenvalue weighted by Crippen LogP contribution is -2.54. The van der Waals surface area contributed by atoms with Gasteiger partial charge in [-0.1, -0.05) is 62.8 Å². The summed E-state index contributed by atoms with van der Waals surface area (Å²) in [4.78, 5) is 16.3. The second-order valence-corrected chi connectivity index (χ2v) is 8.07. The second-order valence-electron chi connectivity index (χ2n) is 8.07. The first-order valence-corrected chi connectivity index (χ1v) is 8.52. The standard InChI is InChI=1S/C21H25NO/c1-20(2)18-11-10-16(12-15-8-6-5-7-9-15)13-21(18,3)14-17(22-4)19(20)23/h5-9,12,17-18H,10-11,13-14H2,1-3H3/b16-12+/t17?,18-,21-/m0/s1. The molecule has 0 N–H and O–H groups in total. The SMILES string of the molecule is [C-]#[N+]C1C[C@]2(C)C/C(=C/c3ccccc3)CC[C@H]2C(C)(C)C1=O. The molecule has 23 heavy (non-hydrogen) atoms. The van der Waals surface area contributed by atoms with Crippen molar-refractivity contribution in [2.45, 2.75) is 52.5 Å². The van der Waals surface area contributed by atoms with Crippen LogP contribution in [0.15, 0.2) is 35.9 Å². The number of ketones is 1. The molecule has 0 radical (unpaired) electrons. The first-order chi connectivity index (χ1) is 10.9. The number of carbonyl (C=O) groups is 1. The molecule has 2 nitrogen and oxygen atoms in total. The summed E-state index contributed by atoms with van der Waals surface area (Å²) in [7, 11) is 0. The zero-order chi connectivity index (χ0) is 16.7. The van der Waals surface area contributed by atoms with Crippen LogP contribution in [0.25, 0.3) is 10.9 Å². The van der Waals surface area contributed by atoms with E-state index < -0.39 is 6.04 Å². The van der Waals surface area contributed by atoms with Gasteiger partial charge in [0.15, 0.2) is 0 Å². The van der Waals surface area contributed by atoms with Crippen molar-refractivity contribution in [2.75, 3.05) is 0 Å². The van der Waals surface area contributed by atoms with E-state index in [-0.39, 0.29) is 16.6 Å². The van der Waals surface area contributed by atoms with E-state index in [9.17, 15) is 4.79 Å². The summed E-state index contributed by atoms with van der Waals surface area (Å²) in [5.74, 6) is 0.541. The summed E-state index contributed by atoms with van der Waals surface area (Å²) in [6.07, 6.45) is 6.15. The Hall–Kier alpha value is -1.88. The van der Waals surface area contributed by atoms with E-state index in [1.54, 1.807) is 0 Å². The van der Waals surface area contributed by atoms with E-state index in [1.165, 1.54) is 11.1 Å². The zero-order valence-corrected chi connectivity index (χ0v) is 14.3. The van der Waals surface area contributed by atoms with Gasteiger partial charge in [-0.15, -0.1) is 0 Å². The van der Waals surface area contributed by atoms with Crippen molar-refractivity contribution in [1.29, 1.82) is 0 Å². The summed E-state index contributed by atoms with van der Waals surface area (Å²) in [5.41, 5.74) is 2.40. The molecule has 3 atom stereocenters. The smallest absolute Gasteiger partial charge is 0.281 e. The predicted octanol–water partition coefficient (Wildman–Crippen LogP) is 5.16. The highest BCUT2D eigenvalue weighted by Crippen LogP contribution is 2.58. The Balaban J connectivity index is 1.91. The van der Waals surface area contributed by atoms with Gasteiger partial charge in [-0.05, 0) is 36.2 Å². The van der Waals surface area contributed by atoms with E-state index in [1.807, 2.05) is 6.07 Å². The van der Waals surface area contributed by atoms with Gasteiger partial charge in [0, 0.05) is 11.8 Å². The normalized spacial score (nSPS) is 34.7. The minimum Gasteiger partial charge on any atom is -0.305 e. The monoisotopic (exact) mass is 307 g/mol. The van der Waals surface area contributed by atoms with Gasteiger partial charge in [0.2, 0.25) is 5.78 Å². The lowest BCUT2D eigenvalue weighted by atomic mass is 9.49. The van der Waals surface area contributed by atoms with E-state index in [0.29, 0.717) is 5.92 Å². The van der Waals surface area contributed by atoms with Crippen molar-refractivity contribution in [2.24, 2.45) is 16.7 Å². The molecule has 0 aliphatic heterocycles. The average molecular weight is 307 g/mol. The Morgan fingerprint density at radius 3 is 2.57 bits per heavy atom. The Kier molecular flexibility index (Phi) is 3.92. The number of hydrogen-bond acceptors (Lipinski definition) is 1. The van der Waals surface area contributed by atoms with Crippen LogP contribution in [0.1, 0.15) is 52.0 Å². The predicted molar refractivity (Wildman–Crippen MR) is 93.7 cm³/mol. The van der Waals surface area contributed by atoms with E-state index in [0.717, 1.165) is 25.7 Å². The molecular weight excluding hydrogens is 282 g/mol. The molecule has 2 heteroatoms. The first-order valence-electron chi connectivity index (χ1n) is 8.52. The van der Waals surface area contributed by atoms with E-state index >= 15 is 0 Å². The summed E-state index contributed by atoms with van der Waals surface area (Å²) < 4.78 is 0. The topological polar surface area (TPSA) is 21.4 Å². The molecule has 2 aliphatic rings. The van der Waals surface area contributed by atoms with Crippen LogP contribution >= 0.6 is 0 Å². The number of benzene rings is 1. The summed E-state index contributed by atoms with van der Waals surface area (Å²) in [6, 6.07) is 9.99. The maximum Gasteiger partial charge on any atom is 0.281 e. The molecule has 0 bridgehead atoms. The summed E-state index contributed by atoms with van der Waals surface area (Å²) in [5, 5.41) is 0. The number of allylic oxidation sites excluding steroid dienone is 1. The molecule has 0 aromatic heterocycles. The van der Waals surface area contributed by atoms with Gasteiger partial charge in [-0.3, -0.25) is 4.79 Å². The van der Waals surface area contributed by atoms with Crippen LogP contribution in [0.3, 0.4) is 0 Å². The minimum absolute atomic E-state index is 0.0610. The van der Waals surface area contributed by atoms with Gasteiger partial charge in [0.25, 0.3) is 6.04 Å². The number of carbonyl (C=O) groups excluding carboxylic acids is 1. The fourth-order valence-electron chi connectivity index (χ4n) is 5.00. The van der Waals surface area contributed by atoms with Gasteiger partial charge in [0.05, 0.1) is 0 Å². The molecule has 0 saturated heterocycles. The minimum atomic E-state index is -0.456. The van der Waals surface area contributed by atoms with Crippen LogP contribution in [0.5, 0.6) is 0 Å².